The minimum atomic E-state index is -1.28. The summed E-state index contributed by atoms with van der Waals surface area (Å²) in [6, 6.07) is 14.2. The van der Waals surface area contributed by atoms with Gasteiger partial charge >= 0.3 is 5.97 Å². The topological polar surface area (TPSA) is 95.0 Å². The number of imide groups is 1. The van der Waals surface area contributed by atoms with Crippen LogP contribution in [0.25, 0.3) is 0 Å². The molecule has 29 heavy (non-hydrogen) atoms. The number of rotatable bonds is 6. The standard InChI is InChI=1S/C21H17ClN2O5/c22-15-7-4-8-16(11-15)24-19(26)12-17(21(24)29)23(18(25)9-10-20(27)28)13-14-5-2-1-3-6-14/h1-11,17H,12-13H2,(H,27,28)/b10-9+. The highest BCUT2D eigenvalue weighted by molar-refractivity contribution is 6.31. The van der Waals surface area contributed by atoms with Crippen molar-refractivity contribution in [3.8, 4) is 0 Å². The van der Waals surface area contributed by atoms with Gasteiger partial charge in [-0.15, -0.1) is 0 Å². The number of carbonyl (C=O) groups excluding carboxylic acids is 3. The molecule has 1 aliphatic rings. The SMILES string of the molecule is O=C(O)/C=C/C(=O)N(Cc1ccccc1)C1CC(=O)N(c2cccc(Cl)c2)C1=O. The lowest BCUT2D eigenvalue weighted by Crippen LogP contribution is -2.44. The number of halogens is 1. The number of amides is 3. The van der Waals surface area contributed by atoms with Gasteiger partial charge in [0, 0.05) is 23.7 Å². The Morgan fingerprint density at radius 3 is 2.48 bits per heavy atom. The Bertz CT molecular complexity index is 990. The van der Waals surface area contributed by atoms with Crippen LogP contribution in [0.3, 0.4) is 0 Å². The van der Waals surface area contributed by atoms with Crippen LogP contribution in [0.15, 0.2) is 66.7 Å². The molecule has 7 nitrogen and oxygen atoms in total. The van der Waals surface area contributed by atoms with E-state index >= 15 is 0 Å². The first-order valence-electron chi connectivity index (χ1n) is 8.74. The van der Waals surface area contributed by atoms with Gasteiger partial charge in [-0.2, -0.15) is 0 Å². The molecule has 0 saturated carbocycles. The van der Waals surface area contributed by atoms with Gasteiger partial charge < -0.3 is 10.0 Å². The van der Waals surface area contributed by atoms with E-state index in [0.29, 0.717) is 16.8 Å². The van der Waals surface area contributed by atoms with Gasteiger partial charge in [0.2, 0.25) is 11.8 Å². The Balaban J connectivity index is 1.92. The molecule has 148 valence electrons. The van der Waals surface area contributed by atoms with E-state index in [2.05, 4.69) is 0 Å². The van der Waals surface area contributed by atoms with Gasteiger partial charge in [-0.25, -0.2) is 9.69 Å². The molecule has 0 spiro atoms. The number of anilines is 1. The molecule has 1 heterocycles. The number of nitrogens with zero attached hydrogens (tertiary/aromatic N) is 2. The van der Waals surface area contributed by atoms with E-state index in [1.807, 2.05) is 6.07 Å². The van der Waals surface area contributed by atoms with Crippen LogP contribution >= 0.6 is 11.6 Å². The van der Waals surface area contributed by atoms with E-state index in [1.165, 1.54) is 11.0 Å². The maximum atomic E-state index is 13.0. The first-order chi connectivity index (χ1) is 13.9. The van der Waals surface area contributed by atoms with Crippen molar-refractivity contribution in [1.82, 2.24) is 4.90 Å². The molecule has 0 bridgehead atoms. The predicted octanol–water partition coefficient (Wildman–Crippen LogP) is 2.64. The molecule has 1 aliphatic heterocycles. The summed E-state index contributed by atoms with van der Waals surface area (Å²) in [5, 5.41) is 9.18. The average molecular weight is 413 g/mol. The number of hydrogen-bond donors (Lipinski definition) is 1. The lowest BCUT2D eigenvalue weighted by atomic mass is 10.1. The average Bonchev–Trinajstić information content (AvgIpc) is 2.99. The monoisotopic (exact) mass is 412 g/mol. The quantitative estimate of drug-likeness (QED) is 0.581. The van der Waals surface area contributed by atoms with E-state index in [9.17, 15) is 19.2 Å². The highest BCUT2D eigenvalue weighted by Gasteiger charge is 2.44. The van der Waals surface area contributed by atoms with Crippen LogP contribution in [0.2, 0.25) is 5.02 Å². The number of hydrogen-bond acceptors (Lipinski definition) is 4. The lowest BCUT2D eigenvalue weighted by molar-refractivity contribution is -0.135. The molecular weight excluding hydrogens is 396 g/mol. The molecule has 0 aliphatic carbocycles. The second kappa shape index (κ2) is 8.70. The van der Waals surface area contributed by atoms with Crippen LogP contribution in [-0.2, 0) is 25.7 Å². The highest BCUT2D eigenvalue weighted by atomic mass is 35.5. The first-order valence-corrected chi connectivity index (χ1v) is 9.12. The summed E-state index contributed by atoms with van der Waals surface area (Å²) in [4.78, 5) is 51.3. The van der Waals surface area contributed by atoms with Crippen molar-refractivity contribution in [1.29, 1.82) is 0 Å². The fourth-order valence-corrected chi connectivity index (χ4v) is 3.29. The molecule has 1 fully saturated rings. The van der Waals surface area contributed by atoms with E-state index in [1.54, 1.807) is 42.5 Å². The van der Waals surface area contributed by atoms with Crippen molar-refractivity contribution in [2.45, 2.75) is 19.0 Å². The number of carboxylic acid groups (broad SMARTS) is 1. The van der Waals surface area contributed by atoms with Gasteiger partial charge in [0.15, 0.2) is 0 Å². The van der Waals surface area contributed by atoms with Gasteiger partial charge in [0.05, 0.1) is 12.1 Å². The van der Waals surface area contributed by atoms with Crippen molar-refractivity contribution >= 4 is 41.0 Å². The molecule has 1 N–H and O–H groups in total. The molecule has 1 atom stereocenters. The smallest absolute Gasteiger partial charge is 0.328 e. The Labute approximate surface area is 171 Å². The molecule has 3 amide bonds. The third-order valence-electron chi connectivity index (χ3n) is 4.41. The summed E-state index contributed by atoms with van der Waals surface area (Å²) in [5.74, 6) is -2.98. The van der Waals surface area contributed by atoms with Crippen LogP contribution in [0, 0.1) is 0 Å². The summed E-state index contributed by atoms with van der Waals surface area (Å²) < 4.78 is 0. The lowest BCUT2D eigenvalue weighted by Gasteiger charge is -2.26. The van der Waals surface area contributed by atoms with Gasteiger partial charge in [-0.3, -0.25) is 14.4 Å². The largest absolute Gasteiger partial charge is 0.478 e. The zero-order valence-corrected chi connectivity index (χ0v) is 16.0. The summed E-state index contributed by atoms with van der Waals surface area (Å²) in [7, 11) is 0. The van der Waals surface area contributed by atoms with Crippen LogP contribution in [0.1, 0.15) is 12.0 Å². The number of carboxylic acids is 1. The van der Waals surface area contributed by atoms with Crippen LogP contribution < -0.4 is 4.90 Å². The summed E-state index contributed by atoms with van der Waals surface area (Å²) in [6.45, 7) is 0.0523. The van der Waals surface area contributed by atoms with E-state index in [-0.39, 0.29) is 13.0 Å². The van der Waals surface area contributed by atoms with Gasteiger partial charge in [-0.05, 0) is 23.8 Å². The Hall–Kier alpha value is -3.45. The van der Waals surface area contributed by atoms with E-state index in [0.717, 1.165) is 16.5 Å². The maximum absolute atomic E-state index is 13.0. The normalized spacial score (nSPS) is 16.4. The zero-order chi connectivity index (χ0) is 21.0. The maximum Gasteiger partial charge on any atom is 0.328 e. The second-order valence-electron chi connectivity index (χ2n) is 6.39. The van der Waals surface area contributed by atoms with Crippen LogP contribution in [0.5, 0.6) is 0 Å². The predicted molar refractivity (Wildman–Crippen MR) is 106 cm³/mol. The number of aliphatic carboxylic acids is 1. The van der Waals surface area contributed by atoms with Crippen molar-refractivity contribution < 1.29 is 24.3 Å². The minimum Gasteiger partial charge on any atom is -0.478 e. The molecule has 1 unspecified atom stereocenters. The first kappa shape index (κ1) is 20.3. The molecule has 1 saturated heterocycles. The molecule has 3 rings (SSSR count). The molecule has 0 radical (unpaired) electrons. The Kier molecular flexibility index (Phi) is 6.09. The van der Waals surface area contributed by atoms with Gasteiger partial charge in [0.25, 0.3) is 5.91 Å². The molecule has 8 heteroatoms. The number of carbonyl (C=O) groups is 4. The Morgan fingerprint density at radius 1 is 1.10 bits per heavy atom. The van der Waals surface area contributed by atoms with Crippen molar-refractivity contribution in [2.75, 3.05) is 4.90 Å². The Morgan fingerprint density at radius 2 is 1.83 bits per heavy atom. The molecule has 2 aromatic rings. The summed E-state index contributed by atoms with van der Waals surface area (Å²) in [6.07, 6.45) is 1.38. The highest BCUT2D eigenvalue weighted by Crippen LogP contribution is 2.28. The summed E-state index contributed by atoms with van der Waals surface area (Å²) in [5.41, 5.74) is 1.06. The van der Waals surface area contributed by atoms with Crippen molar-refractivity contribution in [3.05, 3.63) is 77.3 Å². The molecule has 0 aromatic heterocycles. The molecule has 2 aromatic carbocycles. The molecular formula is C21H17ClN2O5. The third kappa shape index (κ3) is 4.70. The third-order valence-corrected chi connectivity index (χ3v) is 4.65. The van der Waals surface area contributed by atoms with Gasteiger partial charge in [-0.1, -0.05) is 48.0 Å². The fraction of sp³-hybridized carbons (Fsp3) is 0.143. The van der Waals surface area contributed by atoms with Crippen LogP contribution in [0.4, 0.5) is 5.69 Å². The van der Waals surface area contributed by atoms with Crippen molar-refractivity contribution in [3.63, 3.8) is 0 Å². The van der Waals surface area contributed by atoms with Gasteiger partial charge in [0.1, 0.15) is 6.04 Å². The number of benzene rings is 2. The minimum absolute atomic E-state index is 0.0523. The van der Waals surface area contributed by atoms with Crippen molar-refractivity contribution in [2.24, 2.45) is 0 Å². The van der Waals surface area contributed by atoms with Crippen LogP contribution in [-0.4, -0.2) is 39.7 Å². The fourth-order valence-electron chi connectivity index (χ4n) is 3.11. The second-order valence-corrected chi connectivity index (χ2v) is 6.83. The zero-order valence-electron chi connectivity index (χ0n) is 15.2. The summed E-state index contributed by atoms with van der Waals surface area (Å²) >= 11 is 5.97. The van der Waals surface area contributed by atoms with E-state index in [4.69, 9.17) is 16.7 Å². The van der Waals surface area contributed by atoms with E-state index < -0.39 is 29.7 Å².